The van der Waals surface area contributed by atoms with Crippen LogP contribution in [0.1, 0.15) is 64.9 Å². The monoisotopic (exact) mass is 785 g/mol. The maximum Gasteiger partial charge on any atom is 0.415 e. The van der Waals surface area contributed by atoms with E-state index in [1.54, 1.807) is 23.2 Å². The molecule has 2 aromatic carbocycles. The fourth-order valence-corrected chi connectivity index (χ4v) is 9.64. The molecular weight excluding hydrogens is 737 g/mol. The highest BCUT2D eigenvalue weighted by Crippen LogP contribution is 2.42. The molecule has 15 heteroatoms. The number of ether oxygens (including phenoxy) is 4. The van der Waals surface area contributed by atoms with E-state index in [9.17, 15) is 14.0 Å². The predicted molar refractivity (Wildman–Crippen MR) is 209 cm³/mol. The second kappa shape index (κ2) is 14.8. The SMILES string of the molecule is C[C@H]1CN(C(=O)Oc2cc3c4c(cccc4c2)CCCOC(=O)N[C@]2(C)CCCN(C2)c2nc(OC[C@@]45CCCN4C[C@H](F)C5)nc4c(F)c-3ncc24)[C@@H](C)CO1. The van der Waals surface area contributed by atoms with Crippen LogP contribution in [0.5, 0.6) is 11.8 Å². The molecule has 1 N–H and O–H groups in total. The van der Waals surface area contributed by atoms with Crippen molar-refractivity contribution in [3.63, 3.8) is 0 Å². The van der Waals surface area contributed by atoms with Crippen molar-refractivity contribution in [2.75, 3.05) is 57.4 Å². The quantitative estimate of drug-likeness (QED) is 0.241. The molecule has 0 aliphatic carbocycles. The molecule has 2 amide bonds. The van der Waals surface area contributed by atoms with Gasteiger partial charge >= 0.3 is 18.2 Å². The van der Waals surface area contributed by atoms with Crippen molar-refractivity contribution in [1.29, 1.82) is 0 Å². The largest absolute Gasteiger partial charge is 0.461 e. The van der Waals surface area contributed by atoms with Gasteiger partial charge in [-0.1, -0.05) is 18.2 Å². The van der Waals surface area contributed by atoms with Crippen molar-refractivity contribution in [2.24, 2.45) is 0 Å². The predicted octanol–water partition coefficient (Wildman–Crippen LogP) is 6.58. The molecule has 2 aromatic heterocycles. The molecule has 10 rings (SSSR count). The summed E-state index contributed by atoms with van der Waals surface area (Å²) in [5.74, 6) is -0.0143. The Morgan fingerprint density at radius 1 is 1.11 bits per heavy atom. The van der Waals surface area contributed by atoms with E-state index in [4.69, 9.17) is 33.9 Å². The summed E-state index contributed by atoms with van der Waals surface area (Å²) in [6.07, 6.45) is 4.04. The van der Waals surface area contributed by atoms with E-state index in [0.717, 1.165) is 42.1 Å². The summed E-state index contributed by atoms with van der Waals surface area (Å²) in [7, 11) is 0. The van der Waals surface area contributed by atoms with E-state index in [2.05, 4.69) is 10.2 Å². The van der Waals surface area contributed by atoms with Crippen LogP contribution in [0, 0.1) is 5.82 Å². The number of nitrogens with one attached hydrogen (secondary N) is 1. The second-order valence-corrected chi connectivity index (χ2v) is 16.8. The van der Waals surface area contributed by atoms with Crippen molar-refractivity contribution in [3.05, 3.63) is 47.9 Å². The molecule has 4 saturated heterocycles. The minimum atomic E-state index is -0.940. The Labute approximate surface area is 330 Å². The Hall–Kier alpha value is -4.89. The highest BCUT2D eigenvalue weighted by atomic mass is 19.1. The van der Waals surface area contributed by atoms with Crippen molar-refractivity contribution >= 4 is 39.7 Å². The Balaban J connectivity index is 1.19. The van der Waals surface area contributed by atoms with Crippen molar-refractivity contribution in [2.45, 2.75) is 95.1 Å². The van der Waals surface area contributed by atoms with Gasteiger partial charge in [-0.05, 0) is 94.3 Å². The number of hydrogen-bond donors (Lipinski definition) is 1. The van der Waals surface area contributed by atoms with E-state index in [-0.39, 0.29) is 48.3 Å². The number of fused-ring (bicyclic) bond motifs is 7. The van der Waals surface area contributed by atoms with Crippen LogP contribution < -0.4 is 19.7 Å². The van der Waals surface area contributed by atoms with Crippen molar-refractivity contribution < 1.29 is 37.3 Å². The highest BCUT2D eigenvalue weighted by Gasteiger charge is 2.49. The smallest absolute Gasteiger partial charge is 0.415 e. The van der Waals surface area contributed by atoms with Crippen LogP contribution in [0.3, 0.4) is 0 Å². The molecule has 0 spiro atoms. The van der Waals surface area contributed by atoms with Crippen LogP contribution in [0.4, 0.5) is 24.2 Å². The molecule has 6 bridgehead atoms. The first-order valence-electron chi connectivity index (χ1n) is 20.2. The molecule has 8 heterocycles. The molecule has 4 aromatic rings. The number of anilines is 1. The number of alkyl halides is 1. The molecule has 4 fully saturated rings. The van der Waals surface area contributed by atoms with Gasteiger partial charge in [0.15, 0.2) is 5.82 Å². The highest BCUT2D eigenvalue weighted by molar-refractivity contribution is 6.02. The topological polar surface area (TPSA) is 131 Å². The number of nitrogens with zero attached hydrogens (tertiary/aromatic N) is 6. The Morgan fingerprint density at radius 3 is 2.84 bits per heavy atom. The van der Waals surface area contributed by atoms with Gasteiger partial charge in [-0.15, -0.1) is 0 Å². The molecule has 0 radical (unpaired) electrons. The maximum atomic E-state index is 17.6. The maximum absolute atomic E-state index is 17.6. The molecule has 302 valence electrons. The number of halogens is 2. The average molecular weight is 786 g/mol. The van der Waals surface area contributed by atoms with Crippen LogP contribution >= 0.6 is 0 Å². The number of rotatable bonds is 4. The minimum Gasteiger partial charge on any atom is -0.461 e. The molecule has 6 aliphatic heterocycles. The number of carbonyl (C=O) groups excluding carboxylic acids is 2. The van der Waals surface area contributed by atoms with E-state index in [1.165, 1.54) is 0 Å². The summed E-state index contributed by atoms with van der Waals surface area (Å²) >= 11 is 0. The van der Waals surface area contributed by atoms with Gasteiger partial charge in [0.05, 0.1) is 48.4 Å². The number of alkyl carbamates (subject to hydrolysis) is 1. The van der Waals surface area contributed by atoms with Gasteiger partial charge < -0.3 is 34.1 Å². The Morgan fingerprint density at radius 2 is 1.96 bits per heavy atom. The minimum absolute atomic E-state index is 0.0169. The lowest BCUT2D eigenvalue weighted by atomic mass is 9.91. The summed E-state index contributed by atoms with van der Waals surface area (Å²) in [4.78, 5) is 46.9. The summed E-state index contributed by atoms with van der Waals surface area (Å²) in [6.45, 7) is 9.03. The number of amides is 2. The van der Waals surface area contributed by atoms with Gasteiger partial charge in [0, 0.05) is 37.8 Å². The third kappa shape index (κ3) is 7.17. The van der Waals surface area contributed by atoms with Crippen LogP contribution in [0.25, 0.3) is 32.9 Å². The fraction of sp³-hybridized carbons (Fsp3) is 0.548. The van der Waals surface area contributed by atoms with Gasteiger partial charge in [0.1, 0.15) is 35.6 Å². The van der Waals surface area contributed by atoms with Crippen LogP contribution in [-0.2, 0) is 15.9 Å². The van der Waals surface area contributed by atoms with Crippen LogP contribution in [-0.4, -0.2) is 119 Å². The van der Waals surface area contributed by atoms with Crippen LogP contribution in [0.2, 0.25) is 0 Å². The van der Waals surface area contributed by atoms with Gasteiger partial charge in [-0.2, -0.15) is 9.97 Å². The van der Waals surface area contributed by atoms with E-state index in [0.29, 0.717) is 75.2 Å². The Kier molecular flexibility index (Phi) is 9.78. The third-order valence-corrected chi connectivity index (χ3v) is 12.4. The summed E-state index contributed by atoms with van der Waals surface area (Å²) in [5.41, 5.74) is 0.219. The lowest BCUT2D eigenvalue weighted by Crippen LogP contribution is -2.57. The number of aromatic nitrogens is 3. The number of pyridine rings is 1. The second-order valence-electron chi connectivity index (χ2n) is 16.8. The number of piperidine rings is 1. The lowest BCUT2D eigenvalue weighted by molar-refractivity contribution is -0.0386. The van der Waals surface area contributed by atoms with Crippen molar-refractivity contribution in [1.82, 2.24) is 30.1 Å². The van der Waals surface area contributed by atoms with Crippen LogP contribution in [0.15, 0.2) is 36.5 Å². The molecule has 57 heavy (non-hydrogen) atoms. The van der Waals surface area contributed by atoms with Gasteiger partial charge in [0.2, 0.25) is 0 Å². The van der Waals surface area contributed by atoms with E-state index >= 15 is 4.39 Å². The fourth-order valence-electron chi connectivity index (χ4n) is 9.64. The average Bonchev–Trinajstić information content (AvgIpc) is 3.71. The number of benzene rings is 2. The first kappa shape index (κ1) is 37.7. The zero-order chi connectivity index (χ0) is 39.5. The first-order valence-corrected chi connectivity index (χ1v) is 20.2. The van der Waals surface area contributed by atoms with E-state index < -0.39 is 35.3 Å². The number of aryl methyl sites for hydroxylation is 1. The molecule has 5 atom stereocenters. The summed E-state index contributed by atoms with van der Waals surface area (Å²) in [5, 5.41) is 4.92. The molecule has 6 aliphatic rings. The molecule has 13 nitrogen and oxygen atoms in total. The number of morpholine rings is 1. The first-order chi connectivity index (χ1) is 27.5. The molecular formula is C42H49F2N7O6. The van der Waals surface area contributed by atoms with Gasteiger partial charge in [-0.25, -0.2) is 18.4 Å². The summed E-state index contributed by atoms with van der Waals surface area (Å²) in [6, 6.07) is 8.98. The third-order valence-electron chi connectivity index (χ3n) is 12.4. The standard InChI is InChI=1S/C42H49F2N7O6/c1-25-22-55-26(2)20-51(25)40(53)57-30-16-28-9-4-8-27-10-5-15-54-39(52)48-41(3)11-6-13-49(23-41)37-32-19-45-35(31(17-30)33(27)28)34(44)36(32)46-38(47-37)56-24-42-12-7-14-50(42)21-29(43)18-42/h4,8-9,16-17,19,25-26,29H,5-7,10-15,18,20-24H2,1-3H3,(H,48,52)/t25-,26-,29+,41+,42-/m0/s1. The number of carbonyl (C=O) groups is 2. The molecule has 0 saturated carbocycles. The zero-order valence-corrected chi connectivity index (χ0v) is 32.7. The molecule has 0 unspecified atom stereocenters. The summed E-state index contributed by atoms with van der Waals surface area (Å²) < 4.78 is 56.1. The normalized spacial score (nSPS) is 28.0. The van der Waals surface area contributed by atoms with Gasteiger partial charge in [-0.3, -0.25) is 9.88 Å². The number of hydrogen-bond acceptors (Lipinski definition) is 11. The Bertz CT molecular complexity index is 2230. The zero-order valence-electron chi connectivity index (χ0n) is 32.7. The van der Waals surface area contributed by atoms with E-state index in [1.807, 2.05) is 43.9 Å². The van der Waals surface area contributed by atoms with Crippen molar-refractivity contribution in [3.8, 4) is 23.0 Å². The van der Waals surface area contributed by atoms with Gasteiger partial charge in [0.25, 0.3) is 0 Å². The lowest BCUT2D eigenvalue weighted by Gasteiger charge is -2.41.